The number of fused-ring (bicyclic) bond motifs is 1. The summed E-state index contributed by atoms with van der Waals surface area (Å²) in [5.41, 5.74) is 1.81. The molecule has 6 nitrogen and oxygen atoms in total. The molecular formula is C20H15N3O3. The molecule has 0 unspecified atom stereocenters. The number of furan rings is 1. The molecule has 0 aliphatic carbocycles. The number of benzene rings is 2. The van der Waals surface area contributed by atoms with Crippen LogP contribution in [0, 0.1) is 6.92 Å². The van der Waals surface area contributed by atoms with Gasteiger partial charge >= 0.3 is 0 Å². The van der Waals surface area contributed by atoms with Crippen molar-refractivity contribution < 1.29 is 9.21 Å². The highest BCUT2D eigenvalue weighted by Gasteiger charge is 2.11. The van der Waals surface area contributed by atoms with Crippen LogP contribution in [0.25, 0.3) is 16.5 Å². The lowest BCUT2D eigenvalue weighted by molar-refractivity contribution is 0.0996. The molecule has 2 aromatic carbocycles. The highest BCUT2D eigenvalue weighted by atomic mass is 16.3. The third-order valence-corrected chi connectivity index (χ3v) is 4.10. The number of aromatic nitrogens is 2. The fourth-order valence-corrected chi connectivity index (χ4v) is 2.81. The molecular weight excluding hydrogens is 330 g/mol. The number of nitrogens with zero attached hydrogens (tertiary/aromatic N) is 2. The first-order valence-corrected chi connectivity index (χ1v) is 8.07. The van der Waals surface area contributed by atoms with Crippen LogP contribution < -0.4 is 10.9 Å². The lowest BCUT2D eigenvalue weighted by Gasteiger charge is -2.09. The Hall–Kier alpha value is -3.67. The van der Waals surface area contributed by atoms with E-state index in [1.807, 2.05) is 25.1 Å². The fraction of sp³-hybridized carbons (Fsp3) is 0.0500. The Morgan fingerprint density at radius 1 is 1.00 bits per heavy atom. The van der Waals surface area contributed by atoms with E-state index >= 15 is 0 Å². The Morgan fingerprint density at radius 3 is 2.42 bits per heavy atom. The number of amides is 1. The summed E-state index contributed by atoms with van der Waals surface area (Å²) >= 11 is 0. The van der Waals surface area contributed by atoms with Gasteiger partial charge in [-0.25, -0.2) is 0 Å². The molecule has 0 aliphatic heterocycles. The minimum absolute atomic E-state index is 0.182. The van der Waals surface area contributed by atoms with Crippen LogP contribution in [0.1, 0.15) is 16.2 Å². The van der Waals surface area contributed by atoms with Crippen molar-refractivity contribution in [2.45, 2.75) is 6.92 Å². The van der Waals surface area contributed by atoms with Crippen molar-refractivity contribution in [2.24, 2.45) is 0 Å². The summed E-state index contributed by atoms with van der Waals surface area (Å²) in [6, 6.07) is 17.5. The van der Waals surface area contributed by atoms with Crippen LogP contribution in [-0.2, 0) is 0 Å². The van der Waals surface area contributed by atoms with Gasteiger partial charge in [-0.15, -0.1) is 0 Å². The number of carbonyl (C=O) groups excluding carboxylic acids is 1. The van der Waals surface area contributed by atoms with E-state index in [4.69, 9.17) is 4.42 Å². The predicted octanol–water partition coefficient (Wildman–Crippen LogP) is 3.54. The second-order valence-corrected chi connectivity index (χ2v) is 5.83. The molecule has 0 bridgehead atoms. The van der Waals surface area contributed by atoms with Gasteiger partial charge in [0.2, 0.25) is 0 Å². The third kappa shape index (κ3) is 2.77. The predicted molar refractivity (Wildman–Crippen MR) is 98.7 cm³/mol. The van der Waals surface area contributed by atoms with Gasteiger partial charge in [0.25, 0.3) is 11.5 Å². The first kappa shape index (κ1) is 15.8. The topological polar surface area (TPSA) is 77.1 Å². The van der Waals surface area contributed by atoms with Gasteiger partial charge in [0, 0.05) is 11.1 Å². The van der Waals surface area contributed by atoms with Gasteiger partial charge < -0.3 is 9.73 Å². The van der Waals surface area contributed by atoms with Gasteiger partial charge in [0.05, 0.1) is 23.0 Å². The van der Waals surface area contributed by atoms with E-state index in [2.05, 4.69) is 10.4 Å². The van der Waals surface area contributed by atoms with E-state index in [0.717, 1.165) is 11.1 Å². The van der Waals surface area contributed by atoms with Gasteiger partial charge in [-0.05, 0) is 49.4 Å². The van der Waals surface area contributed by atoms with Gasteiger partial charge in [-0.2, -0.15) is 9.78 Å². The summed E-state index contributed by atoms with van der Waals surface area (Å²) in [4.78, 5) is 24.7. The SMILES string of the molecule is Cc1nn(-c2ccc(NC(=O)c3ccco3)cc2)c(=O)c2ccccc12. The molecule has 0 fully saturated rings. The molecule has 2 heterocycles. The zero-order chi connectivity index (χ0) is 18.1. The van der Waals surface area contributed by atoms with Crippen LogP contribution in [0.2, 0.25) is 0 Å². The summed E-state index contributed by atoms with van der Waals surface area (Å²) in [6.45, 7) is 1.87. The average Bonchev–Trinajstić information content (AvgIpc) is 3.20. The van der Waals surface area contributed by atoms with Gasteiger partial charge in [-0.1, -0.05) is 18.2 Å². The van der Waals surface area contributed by atoms with Crippen LogP contribution >= 0.6 is 0 Å². The van der Waals surface area contributed by atoms with Crippen molar-refractivity contribution in [3.8, 4) is 5.69 Å². The van der Waals surface area contributed by atoms with E-state index in [0.29, 0.717) is 16.8 Å². The molecule has 0 radical (unpaired) electrons. The Morgan fingerprint density at radius 2 is 1.73 bits per heavy atom. The molecule has 0 aliphatic rings. The van der Waals surface area contributed by atoms with Crippen molar-refractivity contribution in [1.82, 2.24) is 9.78 Å². The Labute approximate surface area is 148 Å². The number of aryl methyl sites for hydroxylation is 1. The normalized spacial score (nSPS) is 10.8. The third-order valence-electron chi connectivity index (χ3n) is 4.10. The van der Waals surface area contributed by atoms with Crippen molar-refractivity contribution in [1.29, 1.82) is 0 Å². The summed E-state index contributed by atoms with van der Waals surface area (Å²) in [6.07, 6.45) is 1.44. The summed E-state index contributed by atoms with van der Waals surface area (Å²) in [5.74, 6) is -0.100. The minimum Gasteiger partial charge on any atom is -0.459 e. The zero-order valence-electron chi connectivity index (χ0n) is 14.0. The second kappa shape index (κ2) is 6.33. The van der Waals surface area contributed by atoms with Crippen LogP contribution in [0.15, 0.2) is 76.1 Å². The molecule has 2 aromatic heterocycles. The van der Waals surface area contributed by atoms with Crippen molar-refractivity contribution >= 4 is 22.4 Å². The van der Waals surface area contributed by atoms with Crippen LogP contribution in [-0.4, -0.2) is 15.7 Å². The minimum atomic E-state index is -0.334. The highest BCUT2D eigenvalue weighted by molar-refractivity contribution is 6.02. The molecule has 4 aromatic rings. The number of nitrogens with one attached hydrogen (secondary N) is 1. The largest absolute Gasteiger partial charge is 0.459 e. The second-order valence-electron chi connectivity index (χ2n) is 5.83. The maximum absolute atomic E-state index is 12.7. The van der Waals surface area contributed by atoms with E-state index in [1.165, 1.54) is 10.9 Å². The fourth-order valence-electron chi connectivity index (χ4n) is 2.81. The van der Waals surface area contributed by atoms with E-state index in [1.54, 1.807) is 42.5 Å². The molecule has 6 heteroatoms. The van der Waals surface area contributed by atoms with Crippen molar-refractivity contribution in [3.05, 3.63) is 88.7 Å². The Bertz CT molecular complexity index is 1140. The molecule has 1 N–H and O–H groups in total. The van der Waals surface area contributed by atoms with E-state index < -0.39 is 0 Å². The molecule has 0 saturated heterocycles. The summed E-state index contributed by atoms with van der Waals surface area (Å²) in [7, 11) is 0. The van der Waals surface area contributed by atoms with Crippen LogP contribution in [0.4, 0.5) is 5.69 Å². The average molecular weight is 345 g/mol. The number of hydrogen-bond donors (Lipinski definition) is 1. The maximum Gasteiger partial charge on any atom is 0.291 e. The number of hydrogen-bond acceptors (Lipinski definition) is 4. The first-order valence-electron chi connectivity index (χ1n) is 8.07. The zero-order valence-corrected chi connectivity index (χ0v) is 14.0. The molecule has 128 valence electrons. The number of anilines is 1. The Balaban J connectivity index is 1.67. The highest BCUT2D eigenvalue weighted by Crippen LogP contribution is 2.16. The number of carbonyl (C=O) groups is 1. The molecule has 1 amide bonds. The summed E-state index contributed by atoms with van der Waals surface area (Å²) in [5, 5.41) is 8.61. The first-order chi connectivity index (χ1) is 12.6. The maximum atomic E-state index is 12.7. The molecule has 0 spiro atoms. The Kier molecular flexibility index (Phi) is 3.85. The monoisotopic (exact) mass is 345 g/mol. The smallest absolute Gasteiger partial charge is 0.291 e. The molecule has 26 heavy (non-hydrogen) atoms. The van der Waals surface area contributed by atoms with Crippen molar-refractivity contribution in [2.75, 3.05) is 5.32 Å². The van der Waals surface area contributed by atoms with Crippen LogP contribution in [0.5, 0.6) is 0 Å². The van der Waals surface area contributed by atoms with E-state index in [-0.39, 0.29) is 17.2 Å². The van der Waals surface area contributed by atoms with Crippen LogP contribution in [0.3, 0.4) is 0 Å². The summed E-state index contributed by atoms with van der Waals surface area (Å²) < 4.78 is 6.43. The quantitative estimate of drug-likeness (QED) is 0.616. The van der Waals surface area contributed by atoms with Crippen molar-refractivity contribution in [3.63, 3.8) is 0 Å². The van der Waals surface area contributed by atoms with Gasteiger partial charge in [-0.3, -0.25) is 9.59 Å². The molecule has 0 atom stereocenters. The standard InChI is InChI=1S/C20H15N3O3/c1-13-16-5-2-3-6-17(16)20(25)23(22-13)15-10-8-14(9-11-15)21-19(24)18-7-4-12-26-18/h2-12H,1H3,(H,21,24). The lowest BCUT2D eigenvalue weighted by atomic mass is 10.1. The lowest BCUT2D eigenvalue weighted by Crippen LogP contribution is -2.22. The molecule has 0 saturated carbocycles. The van der Waals surface area contributed by atoms with Gasteiger partial charge in [0.15, 0.2) is 5.76 Å². The van der Waals surface area contributed by atoms with E-state index in [9.17, 15) is 9.59 Å². The molecule has 4 rings (SSSR count). The van der Waals surface area contributed by atoms with Gasteiger partial charge in [0.1, 0.15) is 0 Å². The number of rotatable bonds is 3.